The van der Waals surface area contributed by atoms with Crippen molar-refractivity contribution in [1.82, 2.24) is 0 Å². The Kier molecular flexibility index (Phi) is 3.52. The van der Waals surface area contributed by atoms with Gasteiger partial charge in [0.2, 0.25) is 0 Å². The van der Waals surface area contributed by atoms with Crippen LogP contribution in [-0.2, 0) is 4.74 Å². The molecule has 3 heteroatoms. The SMILES string of the molecule is COC(C)(C)C(N)=NC(C)C. The number of nitrogens with zero attached hydrogens (tertiary/aromatic N) is 1. The molecular formula is C8H18N2O. The molecule has 0 spiro atoms. The van der Waals surface area contributed by atoms with Gasteiger partial charge in [0.15, 0.2) is 0 Å². The Balaban J connectivity index is 4.33. The molecule has 3 nitrogen and oxygen atoms in total. The van der Waals surface area contributed by atoms with Crippen molar-refractivity contribution in [3.8, 4) is 0 Å². The number of aliphatic imine (C=N–C) groups is 1. The van der Waals surface area contributed by atoms with Crippen molar-refractivity contribution in [2.75, 3.05) is 7.11 Å². The molecule has 0 rings (SSSR count). The first kappa shape index (κ1) is 10.4. The Morgan fingerprint density at radius 3 is 2.18 bits per heavy atom. The van der Waals surface area contributed by atoms with E-state index in [1.54, 1.807) is 7.11 Å². The monoisotopic (exact) mass is 158 g/mol. The van der Waals surface area contributed by atoms with Crippen molar-refractivity contribution < 1.29 is 4.74 Å². The molecule has 0 amide bonds. The lowest BCUT2D eigenvalue weighted by Crippen LogP contribution is -2.40. The van der Waals surface area contributed by atoms with Crippen LogP contribution in [0, 0.1) is 0 Å². The number of ether oxygens (including phenoxy) is 1. The summed E-state index contributed by atoms with van der Waals surface area (Å²) < 4.78 is 5.14. The number of hydrogen-bond donors (Lipinski definition) is 1. The fourth-order valence-electron chi connectivity index (χ4n) is 0.538. The number of hydrogen-bond acceptors (Lipinski definition) is 2. The molecule has 0 atom stereocenters. The minimum absolute atomic E-state index is 0.226. The Morgan fingerprint density at radius 1 is 1.45 bits per heavy atom. The molecule has 0 aliphatic rings. The van der Waals surface area contributed by atoms with Crippen LogP contribution >= 0.6 is 0 Å². The minimum Gasteiger partial charge on any atom is -0.385 e. The number of nitrogens with two attached hydrogens (primary N) is 1. The predicted octanol–water partition coefficient (Wildman–Crippen LogP) is 1.18. The van der Waals surface area contributed by atoms with Gasteiger partial charge < -0.3 is 10.5 Å². The molecule has 0 saturated carbocycles. The molecule has 0 unspecified atom stereocenters. The zero-order valence-corrected chi connectivity index (χ0v) is 8.01. The lowest BCUT2D eigenvalue weighted by atomic mass is 10.1. The van der Waals surface area contributed by atoms with E-state index in [4.69, 9.17) is 10.5 Å². The van der Waals surface area contributed by atoms with Crippen LogP contribution in [0.2, 0.25) is 0 Å². The van der Waals surface area contributed by atoms with Gasteiger partial charge in [0.05, 0.1) is 0 Å². The van der Waals surface area contributed by atoms with Crippen LogP contribution in [0.3, 0.4) is 0 Å². The van der Waals surface area contributed by atoms with Crippen molar-refractivity contribution in [2.24, 2.45) is 10.7 Å². The smallest absolute Gasteiger partial charge is 0.126 e. The number of methoxy groups -OCH3 is 1. The van der Waals surface area contributed by atoms with Crippen LogP contribution in [0.4, 0.5) is 0 Å². The first-order valence-corrected chi connectivity index (χ1v) is 3.79. The maximum atomic E-state index is 5.69. The van der Waals surface area contributed by atoms with Crippen molar-refractivity contribution in [1.29, 1.82) is 0 Å². The molecule has 0 aliphatic heterocycles. The van der Waals surface area contributed by atoms with E-state index >= 15 is 0 Å². The Hall–Kier alpha value is -0.570. The predicted molar refractivity (Wildman–Crippen MR) is 47.8 cm³/mol. The molecule has 0 heterocycles. The van der Waals surface area contributed by atoms with Crippen LogP contribution in [0.15, 0.2) is 4.99 Å². The van der Waals surface area contributed by atoms with Gasteiger partial charge in [-0.1, -0.05) is 0 Å². The lowest BCUT2D eigenvalue weighted by Gasteiger charge is -2.22. The maximum Gasteiger partial charge on any atom is 0.126 e. The van der Waals surface area contributed by atoms with Gasteiger partial charge in [-0.15, -0.1) is 0 Å². The lowest BCUT2D eigenvalue weighted by molar-refractivity contribution is 0.0813. The van der Waals surface area contributed by atoms with Gasteiger partial charge in [-0.2, -0.15) is 0 Å². The van der Waals surface area contributed by atoms with Crippen LogP contribution in [0.5, 0.6) is 0 Å². The molecule has 66 valence electrons. The van der Waals surface area contributed by atoms with Crippen molar-refractivity contribution in [3.05, 3.63) is 0 Å². The van der Waals surface area contributed by atoms with Crippen molar-refractivity contribution in [3.63, 3.8) is 0 Å². The molecule has 0 aromatic carbocycles. The normalized spacial score (nSPS) is 14.2. The summed E-state index contributed by atoms with van der Waals surface area (Å²) in [5.41, 5.74) is 5.25. The van der Waals surface area contributed by atoms with Gasteiger partial charge in [-0.25, -0.2) is 0 Å². The van der Waals surface area contributed by atoms with Gasteiger partial charge in [-0.05, 0) is 27.7 Å². The summed E-state index contributed by atoms with van der Waals surface area (Å²) in [6.45, 7) is 7.76. The second-order valence-corrected chi connectivity index (χ2v) is 3.32. The third-order valence-corrected chi connectivity index (χ3v) is 1.52. The highest BCUT2D eigenvalue weighted by atomic mass is 16.5. The highest BCUT2D eigenvalue weighted by Crippen LogP contribution is 2.07. The third-order valence-electron chi connectivity index (χ3n) is 1.52. The molecule has 0 radical (unpaired) electrons. The highest BCUT2D eigenvalue weighted by Gasteiger charge is 2.21. The van der Waals surface area contributed by atoms with E-state index in [9.17, 15) is 0 Å². The molecule has 0 saturated heterocycles. The summed E-state index contributed by atoms with van der Waals surface area (Å²) in [5, 5.41) is 0. The topological polar surface area (TPSA) is 47.6 Å². The quantitative estimate of drug-likeness (QED) is 0.495. The summed E-state index contributed by atoms with van der Waals surface area (Å²) in [4.78, 5) is 4.19. The van der Waals surface area contributed by atoms with Crippen LogP contribution in [0.25, 0.3) is 0 Å². The molecule has 11 heavy (non-hydrogen) atoms. The maximum absolute atomic E-state index is 5.69. The summed E-state index contributed by atoms with van der Waals surface area (Å²) in [6, 6.07) is 0.226. The van der Waals surface area contributed by atoms with Gasteiger partial charge in [-0.3, -0.25) is 4.99 Å². The number of amidine groups is 1. The van der Waals surface area contributed by atoms with E-state index in [1.165, 1.54) is 0 Å². The highest BCUT2D eigenvalue weighted by molar-refractivity contribution is 5.88. The molecule has 0 aliphatic carbocycles. The summed E-state index contributed by atoms with van der Waals surface area (Å²) in [7, 11) is 1.63. The Morgan fingerprint density at radius 2 is 1.91 bits per heavy atom. The molecule has 0 aromatic rings. The van der Waals surface area contributed by atoms with E-state index in [0.717, 1.165) is 0 Å². The average molecular weight is 158 g/mol. The second-order valence-electron chi connectivity index (χ2n) is 3.32. The van der Waals surface area contributed by atoms with Gasteiger partial charge in [0.25, 0.3) is 0 Å². The van der Waals surface area contributed by atoms with Gasteiger partial charge >= 0.3 is 0 Å². The standard InChI is InChI=1S/C8H18N2O/c1-6(2)10-7(9)8(3,4)11-5/h6H,1-5H3,(H2,9,10). The van der Waals surface area contributed by atoms with Crippen molar-refractivity contribution >= 4 is 5.84 Å². The zero-order chi connectivity index (χ0) is 9.07. The molecular weight excluding hydrogens is 140 g/mol. The Bertz CT molecular complexity index is 150. The largest absolute Gasteiger partial charge is 0.385 e. The second kappa shape index (κ2) is 3.72. The van der Waals surface area contributed by atoms with Crippen LogP contribution in [0.1, 0.15) is 27.7 Å². The minimum atomic E-state index is -0.440. The summed E-state index contributed by atoms with van der Waals surface area (Å²) in [6.07, 6.45) is 0. The van der Waals surface area contributed by atoms with Gasteiger partial charge in [0.1, 0.15) is 11.4 Å². The first-order valence-electron chi connectivity index (χ1n) is 3.79. The van der Waals surface area contributed by atoms with E-state index in [0.29, 0.717) is 5.84 Å². The summed E-state index contributed by atoms with van der Waals surface area (Å²) >= 11 is 0. The average Bonchev–Trinajstić information content (AvgIpc) is 1.86. The third kappa shape index (κ3) is 3.37. The summed E-state index contributed by atoms with van der Waals surface area (Å²) in [5.74, 6) is 0.551. The van der Waals surface area contributed by atoms with Crippen LogP contribution < -0.4 is 5.73 Å². The fraction of sp³-hybridized carbons (Fsp3) is 0.875. The Labute approximate surface area is 68.6 Å². The van der Waals surface area contributed by atoms with Crippen molar-refractivity contribution in [2.45, 2.75) is 39.3 Å². The van der Waals surface area contributed by atoms with E-state index in [-0.39, 0.29) is 6.04 Å². The number of rotatable bonds is 3. The van der Waals surface area contributed by atoms with E-state index in [1.807, 2.05) is 27.7 Å². The van der Waals surface area contributed by atoms with Crippen LogP contribution in [-0.4, -0.2) is 24.6 Å². The molecule has 0 aromatic heterocycles. The van der Waals surface area contributed by atoms with E-state index in [2.05, 4.69) is 4.99 Å². The first-order chi connectivity index (χ1) is 4.90. The molecule has 2 N–H and O–H groups in total. The zero-order valence-electron chi connectivity index (χ0n) is 8.01. The fourth-order valence-corrected chi connectivity index (χ4v) is 0.538. The van der Waals surface area contributed by atoms with Gasteiger partial charge in [0, 0.05) is 13.2 Å². The van der Waals surface area contributed by atoms with E-state index < -0.39 is 5.60 Å². The molecule has 0 bridgehead atoms. The molecule has 0 fully saturated rings.